The van der Waals surface area contributed by atoms with Gasteiger partial charge < -0.3 is 0 Å². The van der Waals surface area contributed by atoms with Gasteiger partial charge in [-0.25, -0.2) is 4.98 Å². The van der Waals surface area contributed by atoms with Crippen LogP contribution in [0.25, 0.3) is 0 Å². The van der Waals surface area contributed by atoms with Crippen LogP contribution in [0, 0.1) is 6.92 Å². The summed E-state index contributed by atoms with van der Waals surface area (Å²) < 4.78 is 1.06. The molecule has 2 rings (SSSR count). The molecule has 0 saturated heterocycles. The molecule has 2 aromatic rings. The van der Waals surface area contributed by atoms with Crippen molar-refractivity contribution in [3.8, 4) is 0 Å². The van der Waals surface area contributed by atoms with Crippen molar-refractivity contribution in [2.45, 2.75) is 6.92 Å². The molecule has 1 N–H and O–H groups in total. The molecular weight excluding hydrogens is 286 g/mol. The van der Waals surface area contributed by atoms with E-state index in [4.69, 9.17) is 0 Å². The van der Waals surface area contributed by atoms with Gasteiger partial charge in [0.05, 0.1) is 11.9 Å². The number of nitrogens with one attached hydrogen (secondary N) is 1. The van der Waals surface area contributed by atoms with E-state index in [2.05, 4.69) is 31.4 Å². The van der Waals surface area contributed by atoms with Gasteiger partial charge in [0.1, 0.15) is 0 Å². The van der Waals surface area contributed by atoms with E-state index in [1.54, 1.807) is 17.6 Å². The first-order valence-electron chi connectivity index (χ1n) is 4.71. The molecule has 16 heavy (non-hydrogen) atoms. The number of hydrazone groups is 1. The minimum absolute atomic E-state index is 0.811. The van der Waals surface area contributed by atoms with Gasteiger partial charge in [-0.05, 0) is 24.6 Å². The third-order valence-electron chi connectivity index (χ3n) is 1.86. The van der Waals surface area contributed by atoms with Gasteiger partial charge in [0.15, 0.2) is 0 Å². The standard InChI is InChI=1S/C11H10BrN3S/c1-8-7-16-11(14-8)15-13-6-9-2-4-10(12)5-3-9/h2-7H,1H3,(H,14,15)/b13-6-. The number of thiazole rings is 1. The Morgan fingerprint density at radius 2 is 2.12 bits per heavy atom. The number of benzene rings is 1. The second kappa shape index (κ2) is 5.23. The third-order valence-corrected chi connectivity index (χ3v) is 3.26. The van der Waals surface area contributed by atoms with Gasteiger partial charge in [0.25, 0.3) is 0 Å². The molecular formula is C11H10BrN3S. The number of hydrogen-bond acceptors (Lipinski definition) is 4. The topological polar surface area (TPSA) is 37.3 Å². The quantitative estimate of drug-likeness (QED) is 0.693. The van der Waals surface area contributed by atoms with Crippen LogP contribution in [0.1, 0.15) is 11.3 Å². The second-order valence-electron chi connectivity index (χ2n) is 3.22. The number of rotatable bonds is 3. The number of aromatic nitrogens is 1. The van der Waals surface area contributed by atoms with Crippen LogP contribution in [0.5, 0.6) is 0 Å². The summed E-state index contributed by atoms with van der Waals surface area (Å²) in [6, 6.07) is 7.94. The first-order chi connectivity index (χ1) is 7.74. The lowest BCUT2D eigenvalue weighted by molar-refractivity contribution is 1.22. The van der Waals surface area contributed by atoms with Gasteiger partial charge in [-0.1, -0.05) is 28.1 Å². The van der Waals surface area contributed by atoms with Crippen LogP contribution in [0.4, 0.5) is 5.13 Å². The van der Waals surface area contributed by atoms with Gasteiger partial charge >= 0.3 is 0 Å². The van der Waals surface area contributed by atoms with Crippen LogP contribution >= 0.6 is 27.3 Å². The van der Waals surface area contributed by atoms with E-state index in [1.165, 1.54) is 0 Å². The summed E-state index contributed by atoms with van der Waals surface area (Å²) in [5, 5.41) is 6.91. The lowest BCUT2D eigenvalue weighted by Crippen LogP contribution is -1.89. The van der Waals surface area contributed by atoms with E-state index < -0.39 is 0 Å². The fourth-order valence-corrected chi connectivity index (χ4v) is 2.02. The van der Waals surface area contributed by atoms with E-state index in [1.807, 2.05) is 36.6 Å². The molecule has 0 aliphatic heterocycles. The fraction of sp³-hybridized carbons (Fsp3) is 0.0909. The van der Waals surface area contributed by atoms with E-state index in [9.17, 15) is 0 Å². The number of halogens is 1. The lowest BCUT2D eigenvalue weighted by atomic mass is 10.2. The predicted molar refractivity (Wildman–Crippen MR) is 72.2 cm³/mol. The summed E-state index contributed by atoms with van der Waals surface area (Å²) in [4.78, 5) is 4.24. The number of aryl methyl sites for hydroxylation is 1. The van der Waals surface area contributed by atoms with Crippen molar-refractivity contribution in [2.24, 2.45) is 5.10 Å². The highest BCUT2D eigenvalue weighted by Crippen LogP contribution is 2.14. The van der Waals surface area contributed by atoms with E-state index in [0.717, 1.165) is 20.9 Å². The molecule has 1 heterocycles. The Hall–Kier alpha value is -1.20. The lowest BCUT2D eigenvalue weighted by Gasteiger charge is -1.94. The number of anilines is 1. The monoisotopic (exact) mass is 295 g/mol. The first kappa shape index (κ1) is 11.3. The zero-order valence-electron chi connectivity index (χ0n) is 8.64. The average Bonchev–Trinajstić information content (AvgIpc) is 2.67. The zero-order valence-corrected chi connectivity index (χ0v) is 11.0. The molecule has 1 aromatic carbocycles. The van der Waals surface area contributed by atoms with Crippen molar-refractivity contribution in [1.29, 1.82) is 0 Å². The van der Waals surface area contributed by atoms with Crippen molar-refractivity contribution < 1.29 is 0 Å². The Balaban J connectivity index is 1.97. The van der Waals surface area contributed by atoms with Gasteiger partial charge in [0, 0.05) is 9.85 Å². The largest absolute Gasteiger partial charge is 0.253 e. The molecule has 0 spiro atoms. The SMILES string of the molecule is Cc1csc(N/N=C\c2ccc(Br)cc2)n1. The van der Waals surface area contributed by atoms with Crippen LogP contribution in [0.3, 0.4) is 0 Å². The van der Waals surface area contributed by atoms with E-state index in [-0.39, 0.29) is 0 Å². The van der Waals surface area contributed by atoms with Crippen molar-refractivity contribution in [1.82, 2.24) is 4.98 Å². The minimum Gasteiger partial charge on any atom is -0.253 e. The maximum Gasteiger partial charge on any atom is 0.203 e. The van der Waals surface area contributed by atoms with Crippen LogP contribution in [-0.4, -0.2) is 11.2 Å². The number of nitrogens with zero attached hydrogens (tertiary/aromatic N) is 2. The van der Waals surface area contributed by atoms with Gasteiger partial charge in [-0.2, -0.15) is 5.10 Å². The normalized spacial score (nSPS) is 10.9. The molecule has 0 aliphatic rings. The number of hydrogen-bond donors (Lipinski definition) is 1. The first-order valence-corrected chi connectivity index (χ1v) is 6.38. The Labute approximate surface area is 106 Å². The van der Waals surface area contributed by atoms with Gasteiger partial charge in [-0.3, -0.25) is 5.43 Å². The zero-order chi connectivity index (χ0) is 11.4. The highest BCUT2D eigenvalue weighted by molar-refractivity contribution is 9.10. The highest BCUT2D eigenvalue weighted by Gasteiger charge is 1.94. The van der Waals surface area contributed by atoms with E-state index in [0.29, 0.717) is 0 Å². The Bertz CT molecular complexity index is 490. The molecule has 82 valence electrons. The Kier molecular flexibility index (Phi) is 3.69. The predicted octanol–water partition coefficient (Wildman–Crippen LogP) is 3.66. The van der Waals surface area contributed by atoms with Gasteiger partial charge in [-0.15, -0.1) is 11.3 Å². The molecule has 0 unspecified atom stereocenters. The highest BCUT2D eigenvalue weighted by atomic mass is 79.9. The molecule has 0 saturated carbocycles. The van der Waals surface area contributed by atoms with Crippen LogP contribution in [-0.2, 0) is 0 Å². The fourth-order valence-electron chi connectivity index (χ4n) is 1.12. The van der Waals surface area contributed by atoms with Crippen molar-refractivity contribution >= 4 is 38.6 Å². The average molecular weight is 296 g/mol. The summed E-state index contributed by atoms with van der Waals surface area (Å²) in [6.45, 7) is 1.96. The molecule has 5 heteroatoms. The van der Waals surface area contributed by atoms with Crippen molar-refractivity contribution in [3.63, 3.8) is 0 Å². The van der Waals surface area contributed by atoms with Crippen molar-refractivity contribution in [3.05, 3.63) is 45.4 Å². The third kappa shape index (κ3) is 3.15. The molecule has 0 aliphatic carbocycles. The molecule has 0 bridgehead atoms. The summed E-state index contributed by atoms with van der Waals surface area (Å²) in [7, 11) is 0. The maximum absolute atomic E-state index is 4.24. The summed E-state index contributed by atoms with van der Waals surface area (Å²) in [6.07, 6.45) is 1.77. The summed E-state index contributed by atoms with van der Waals surface area (Å²) >= 11 is 4.93. The van der Waals surface area contributed by atoms with Crippen LogP contribution < -0.4 is 5.43 Å². The molecule has 0 amide bonds. The molecule has 0 radical (unpaired) electrons. The van der Waals surface area contributed by atoms with Crippen molar-refractivity contribution in [2.75, 3.05) is 5.43 Å². The second-order valence-corrected chi connectivity index (χ2v) is 4.99. The maximum atomic E-state index is 4.24. The van der Waals surface area contributed by atoms with Crippen LogP contribution in [0.2, 0.25) is 0 Å². The van der Waals surface area contributed by atoms with E-state index >= 15 is 0 Å². The molecule has 3 nitrogen and oxygen atoms in total. The molecule has 0 atom stereocenters. The smallest absolute Gasteiger partial charge is 0.203 e. The van der Waals surface area contributed by atoms with Crippen LogP contribution in [0.15, 0.2) is 39.2 Å². The van der Waals surface area contributed by atoms with Gasteiger partial charge in [0.2, 0.25) is 5.13 Å². The molecule has 1 aromatic heterocycles. The summed E-state index contributed by atoms with van der Waals surface area (Å²) in [5.74, 6) is 0. The Morgan fingerprint density at radius 1 is 1.38 bits per heavy atom. The minimum atomic E-state index is 0.811. The Morgan fingerprint density at radius 3 is 2.75 bits per heavy atom. The molecule has 0 fully saturated rings. The summed E-state index contributed by atoms with van der Waals surface area (Å²) in [5.41, 5.74) is 4.94.